The Kier molecular flexibility index (Phi) is 5.20. The molecule has 0 aliphatic heterocycles. The second-order valence-electron chi connectivity index (χ2n) is 4.15. The van der Waals surface area contributed by atoms with Gasteiger partial charge in [0, 0.05) is 21.1 Å². The molecule has 1 atom stereocenters. The van der Waals surface area contributed by atoms with Gasteiger partial charge in [0.1, 0.15) is 6.04 Å². The molecule has 82 valence electrons. The lowest BCUT2D eigenvalue weighted by atomic mass is 10.0. The van der Waals surface area contributed by atoms with E-state index in [-0.39, 0.29) is 11.9 Å². The molecule has 0 aromatic carbocycles. The Morgan fingerprint density at radius 1 is 1.29 bits per heavy atom. The molecule has 0 aliphatic carbocycles. The van der Waals surface area contributed by atoms with E-state index in [2.05, 4.69) is 0 Å². The van der Waals surface area contributed by atoms with Crippen LogP contribution in [0.1, 0.15) is 20.3 Å². The number of hydrogen-bond donors (Lipinski definition) is 0. The van der Waals surface area contributed by atoms with Crippen LogP contribution in [0.2, 0.25) is 0 Å². The van der Waals surface area contributed by atoms with Gasteiger partial charge in [0.15, 0.2) is 0 Å². The maximum atomic E-state index is 11.7. The second-order valence-corrected chi connectivity index (χ2v) is 4.15. The van der Waals surface area contributed by atoms with Crippen molar-refractivity contribution < 1.29 is 9.59 Å². The SMILES string of the molecule is CC(C)CC(C(=O)N(C)C)N(C)C=O. The summed E-state index contributed by atoms with van der Waals surface area (Å²) in [7, 11) is 5.05. The molecule has 14 heavy (non-hydrogen) atoms. The molecule has 0 N–H and O–H groups in total. The highest BCUT2D eigenvalue weighted by atomic mass is 16.2. The molecule has 4 heteroatoms. The summed E-state index contributed by atoms with van der Waals surface area (Å²) in [5.41, 5.74) is 0. The van der Waals surface area contributed by atoms with Crippen molar-refractivity contribution in [3.63, 3.8) is 0 Å². The van der Waals surface area contributed by atoms with Crippen LogP contribution in [0.4, 0.5) is 0 Å². The Labute approximate surface area is 85.9 Å². The van der Waals surface area contributed by atoms with Gasteiger partial charge >= 0.3 is 0 Å². The van der Waals surface area contributed by atoms with E-state index in [1.54, 1.807) is 21.1 Å². The molecular formula is C10H20N2O2. The predicted molar refractivity (Wildman–Crippen MR) is 55.8 cm³/mol. The van der Waals surface area contributed by atoms with E-state index in [1.807, 2.05) is 13.8 Å². The number of carbonyl (C=O) groups excluding carboxylic acids is 2. The quantitative estimate of drug-likeness (QED) is 0.609. The third kappa shape index (κ3) is 3.77. The molecule has 0 radical (unpaired) electrons. The van der Waals surface area contributed by atoms with Crippen LogP contribution in [-0.4, -0.2) is 49.3 Å². The molecule has 0 fully saturated rings. The Balaban J connectivity index is 4.54. The molecule has 0 aromatic rings. The molecule has 1 unspecified atom stereocenters. The van der Waals surface area contributed by atoms with Crippen molar-refractivity contribution in [2.75, 3.05) is 21.1 Å². The van der Waals surface area contributed by atoms with Crippen molar-refractivity contribution in [2.24, 2.45) is 5.92 Å². The van der Waals surface area contributed by atoms with Crippen molar-refractivity contribution >= 4 is 12.3 Å². The first kappa shape index (κ1) is 12.9. The third-order valence-corrected chi connectivity index (χ3v) is 2.08. The number of hydrogen-bond acceptors (Lipinski definition) is 2. The van der Waals surface area contributed by atoms with Gasteiger partial charge in [-0.3, -0.25) is 9.59 Å². The maximum absolute atomic E-state index is 11.7. The average Bonchev–Trinajstić information content (AvgIpc) is 2.11. The van der Waals surface area contributed by atoms with Crippen molar-refractivity contribution in [3.8, 4) is 0 Å². The van der Waals surface area contributed by atoms with Gasteiger partial charge in [-0.15, -0.1) is 0 Å². The van der Waals surface area contributed by atoms with E-state index < -0.39 is 0 Å². The minimum absolute atomic E-state index is 0.0201. The minimum atomic E-state index is -0.331. The van der Waals surface area contributed by atoms with Crippen LogP contribution in [0, 0.1) is 5.92 Å². The summed E-state index contributed by atoms with van der Waals surface area (Å²) in [5, 5.41) is 0. The van der Waals surface area contributed by atoms with Crippen molar-refractivity contribution in [3.05, 3.63) is 0 Å². The molecule has 4 nitrogen and oxygen atoms in total. The predicted octanol–water partition coefficient (Wildman–Crippen LogP) is 0.577. The second kappa shape index (κ2) is 5.62. The molecule has 0 spiro atoms. The van der Waals surface area contributed by atoms with Crippen LogP contribution in [0.5, 0.6) is 0 Å². The van der Waals surface area contributed by atoms with Gasteiger partial charge in [-0.2, -0.15) is 0 Å². The van der Waals surface area contributed by atoms with E-state index >= 15 is 0 Å². The lowest BCUT2D eigenvalue weighted by Gasteiger charge is -2.27. The van der Waals surface area contributed by atoms with Crippen LogP contribution in [-0.2, 0) is 9.59 Å². The van der Waals surface area contributed by atoms with Gasteiger partial charge in [0.25, 0.3) is 0 Å². The van der Waals surface area contributed by atoms with Crippen molar-refractivity contribution in [1.82, 2.24) is 9.80 Å². The van der Waals surface area contributed by atoms with E-state index in [4.69, 9.17) is 0 Å². The molecule has 0 aliphatic rings. The van der Waals surface area contributed by atoms with Crippen molar-refractivity contribution in [1.29, 1.82) is 0 Å². The van der Waals surface area contributed by atoms with Gasteiger partial charge in [-0.25, -0.2) is 0 Å². The highest BCUT2D eigenvalue weighted by molar-refractivity contribution is 5.83. The molecule has 0 saturated carbocycles. The first-order valence-corrected chi connectivity index (χ1v) is 4.78. The highest BCUT2D eigenvalue weighted by Gasteiger charge is 2.24. The Bertz CT molecular complexity index is 202. The smallest absolute Gasteiger partial charge is 0.244 e. The highest BCUT2D eigenvalue weighted by Crippen LogP contribution is 2.10. The molecular weight excluding hydrogens is 180 g/mol. The minimum Gasteiger partial charge on any atom is -0.347 e. The van der Waals surface area contributed by atoms with Crippen LogP contribution in [0.25, 0.3) is 0 Å². The van der Waals surface area contributed by atoms with Crippen LogP contribution < -0.4 is 0 Å². The number of nitrogens with zero attached hydrogens (tertiary/aromatic N) is 2. The first-order chi connectivity index (χ1) is 6.40. The molecule has 0 saturated heterocycles. The normalized spacial score (nSPS) is 12.4. The topological polar surface area (TPSA) is 40.6 Å². The summed E-state index contributed by atoms with van der Waals surface area (Å²) in [4.78, 5) is 25.3. The van der Waals surface area contributed by atoms with E-state index in [1.165, 1.54) is 9.80 Å². The molecule has 0 bridgehead atoms. The van der Waals surface area contributed by atoms with Gasteiger partial charge in [0.2, 0.25) is 12.3 Å². The standard InChI is InChI=1S/C10H20N2O2/c1-8(2)6-9(12(5)7-13)10(14)11(3)4/h7-9H,6H2,1-5H3. The Morgan fingerprint density at radius 2 is 1.79 bits per heavy atom. The van der Waals surface area contributed by atoms with E-state index in [0.717, 1.165) is 0 Å². The molecule has 0 heterocycles. The summed E-state index contributed by atoms with van der Waals surface area (Å²) < 4.78 is 0. The summed E-state index contributed by atoms with van der Waals surface area (Å²) in [6, 6.07) is -0.331. The van der Waals surface area contributed by atoms with Crippen LogP contribution in [0.3, 0.4) is 0 Å². The summed E-state index contributed by atoms with van der Waals surface area (Å²) in [5.74, 6) is 0.375. The lowest BCUT2D eigenvalue weighted by Crippen LogP contribution is -2.44. The zero-order valence-electron chi connectivity index (χ0n) is 9.65. The first-order valence-electron chi connectivity index (χ1n) is 4.78. The Morgan fingerprint density at radius 3 is 2.07 bits per heavy atom. The van der Waals surface area contributed by atoms with Crippen LogP contribution >= 0.6 is 0 Å². The summed E-state index contributed by atoms with van der Waals surface area (Å²) in [6.07, 6.45) is 1.40. The monoisotopic (exact) mass is 200 g/mol. The summed E-state index contributed by atoms with van der Waals surface area (Å²) >= 11 is 0. The van der Waals surface area contributed by atoms with Gasteiger partial charge in [0.05, 0.1) is 0 Å². The fourth-order valence-electron chi connectivity index (χ4n) is 1.26. The molecule has 2 amide bonds. The fourth-order valence-corrected chi connectivity index (χ4v) is 1.26. The van der Waals surface area contributed by atoms with E-state index in [0.29, 0.717) is 18.7 Å². The zero-order valence-corrected chi connectivity index (χ0v) is 9.65. The van der Waals surface area contributed by atoms with Crippen molar-refractivity contribution in [2.45, 2.75) is 26.3 Å². The van der Waals surface area contributed by atoms with Gasteiger partial charge < -0.3 is 9.80 Å². The number of carbonyl (C=O) groups is 2. The average molecular weight is 200 g/mol. The van der Waals surface area contributed by atoms with Gasteiger partial charge in [-0.05, 0) is 12.3 Å². The number of likely N-dealkylation sites (N-methyl/N-ethyl adjacent to an activating group) is 2. The summed E-state index contributed by atoms with van der Waals surface area (Å²) in [6.45, 7) is 4.07. The van der Waals surface area contributed by atoms with Gasteiger partial charge in [-0.1, -0.05) is 13.8 Å². The number of rotatable bonds is 5. The zero-order chi connectivity index (χ0) is 11.3. The maximum Gasteiger partial charge on any atom is 0.244 e. The molecule has 0 aromatic heterocycles. The van der Waals surface area contributed by atoms with E-state index in [9.17, 15) is 9.59 Å². The Hall–Kier alpha value is -1.06. The molecule has 0 rings (SSSR count). The lowest BCUT2D eigenvalue weighted by molar-refractivity contribution is -0.138. The largest absolute Gasteiger partial charge is 0.347 e. The fraction of sp³-hybridized carbons (Fsp3) is 0.800. The number of amides is 2. The third-order valence-electron chi connectivity index (χ3n) is 2.08. The van der Waals surface area contributed by atoms with Crippen LogP contribution in [0.15, 0.2) is 0 Å².